The highest BCUT2D eigenvalue weighted by Gasteiger charge is 2.48. The Hall–Kier alpha value is -4.04. The molecule has 2 unspecified atom stereocenters. The Morgan fingerprint density at radius 2 is 1.95 bits per heavy atom. The molecule has 4 heterocycles. The fraction of sp³-hybridized carbons (Fsp3) is 0.520. The maximum absolute atomic E-state index is 13.5. The van der Waals surface area contributed by atoms with Crippen LogP contribution in [0.3, 0.4) is 0 Å². The molecule has 1 amide bonds. The first-order valence-corrected chi connectivity index (χ1v) is 12.1. The molecule has 39 heavy (non-hydrogen) atoms. The number of halogens is 4. The van der Waals surface area contributed by atoms with E-state index in [4.69, 9.17) is 4.74 Å². The van der Waals surface area contributed by atoms with Gasteiger partial charge in [0.25, 0.3) is 0 Å². The van der Waals surface area contributed by atoms with Gasteiger partial charge in [-0.15, -0.1) is 0 Å². The van der Waals surface area contributed by atoms with Gasteiger partial charge in [-0.05, 0) is 19.1 Å². The molecule has 0 N–H and O–H groups in total. The minimum absolute atomic E-state index is 0.0575. The fourth-order valence-electron chi connectivity index (χ4n) is 5.03. The SMILES string of the molecule is CC1CN(c2ncnc3c2C(C)(COC(F)F)CN3c2cc(C#N)ccn2)CCN1C(=O)C(C#N)(CF)CF. The van der Waals surface area contributed by atoms with Crippen molar-refractivity contribution in [3.63, 3.8) is 0 Å². The summed E-state index contributed by atoms with van der Waals surface area (Å²) in [5.41, 5.74) is -2.51. The van der Waals surface area contributed by atoms with Crippen LogP contribution in [0.1, 0.15) is 25.0 Å². The minimum Gasteiger partial charge on any atom is -0.352 e. The smallest absolute Gasteiger partial charge is 0.345 e. The van der Waals surface area contributed by atoms with E-state index in [0.29, 0.717) is 28.6 Å². The number of fused-ring (bicyclic) bond motifs is 1. The monoisotopic (exact) mass is 546 g/mol. The number of carbonyl (C=O) groups is 1. The Kier molecular flexibility index (Phi) is 7.88. The second-order valence-electron chi connectivity index (χ2n) is 9.88. The standard InChI is InChI=1S/C25H26F4N8O2/c1-16-9-35(5-6-36(16)22(38)25(10-26,11-27)12-31)20-19-21(34-15-33-20)37(13-24(19,2)14-39-23(28)29)18-7-17(8-30)3-4-32-18/h3-4,7,15-16,23H,5-6,9-11,13-14H2,1-2H3. The second kappa shape index (κ2) is 11.0. The van der Waals surface area contributed by atoms with Crippen LogP contribution < -0.4 is 9.80 Å². The van der Waals surface area contributed by atoms with E-state index < -0.39 is 42.7 Å². The van der Waals surface area contributed by atoms with Gasteiger partial charge in [0.2, 0.25) is 5.91 Å². The van der Waals surface area contributed by atoms with E-state index in [1.54, 1.807) is 30.9 Å². The number of aromatic nitrogens is 3. The number of alkyl halides is 4. The van der Waals surface area contributed by atoms with Crippen molar-refractivity contribution >= 4 is 23.4 Å². The molecule has 0 bridgehead atoms. The summed E-state index contributed by atoms with van der Waals surface area (Å²) >= 11 is 0. The number of amides is 1. The van der Waals surface area contributed by atoms with Gasteiger partial charge in [0.1, 0.15) is 37.1 Å². The van der Waals surface area contributed by atoms with Crippen LogP contribution in [0.25, 0.3) is 0 Å². The lowest BCUT2D eigenvalue weighted by atomic mass is 9.85. The molecule has 206 valence electrons. The number of ether oxygens (including phenoxy) is 1. The second-order valence-corrected chi connectivity index (χ2v) is 9.88. The number of anilines is 3. The van der Waals surface area contributed by atoms with Crippen molar-refractivity contribution in [2.75, 3.05) is 55.9 Å². The third kappa shape index (κ3) is 5.04. The van der Waals surface area contributed by atoms with Crippen molar-refractivity contribution in [1.29, 1.82) is 10.5 Å². The molecule has 2 atom stereocenters. The Bertz CT molecular complexity index is 1310. The van der Waals surface area contributed by atoms with Crippen molar-refractivity contribution in [1.82, 2.24) is 19.9 Å². The summed E-state index contributed by atoms with van der Waals surface area (Å²) in [6, 6.07) is 6.10. The third-order valence-corrected chi connectivity index (χ3v) is 7.12. The molecule has 2 aliphatic heterocycles. The zero-order chi connectivity index (χ0) is 28.4. The van der Waals surface area contributed by atoms with Crippen LogP contribution in [0.2, 0.25) is 0 Å². The van der Waals surface area contributed by atoms with Crippen molar-refractivity contribution in [3.05, 3.63) is 35.8 Å². The van der Waals surface area contributed by atoms with Gasteiger partial charge in [0, 0.05) is 49.4 Å². The number of rotatable bonds is 8. The van der Waals surface area contributed by atoms with E-state index in [-0.39, 0.29) is 32.8 Å². The highest BCUT2D eigenvalue weighted by molar-refractivity contribution is 5.86. The van der Waals surface area contributed by atoms with Crippen molar-refractivity contribution in [2.24, 2.45) is 5.41 Å². The Morgan fingerprint density at radius 3 is 2.56 bits per heavy atom. The highest BCUT2D eigenvalue weighted by atomic mass is 19.3. The van der Waals surface area contributed by atoms with Crippen molar-refractivity contribution in [3.8, 4) is 12.1 Å². The first-order valence-electron chi connectivity index (χ1n) is 12.1. The molecule has 1 fully saturated rings. The molecule has 0 aromatic carbocycles. The third-order valence-electron chi connectivity index (χ3n) is 7.12. The minimum atomic E-state index is -3.01. The lowest BCUT2D eigenvalue weighted by molar-refractivity contribution is -0.143. The summed E-state index contributed by atoms with van der Waals surface area (Å²) < 4.78 is 58.1. The fourth-order valence-corrected chi connectivity index (χ4v) is 5.03. The molecule has 10 nitrogen and oxygen atoms in total. The number of hydrogen-bond donors (Lipinski definition) is 0. The normalized spacial score (nSPS) is 21.1. The maximum Gasteiger partial charge on any atom is 0.345 e. The van der Waals surface area contributed by atoms with Crippen LogP contribution in [-0.4, -0.2) is 84.5 Å². The Morgan fingerprint density at radius 1 is 1.23 bits per heavy atom. The van der Waals surface area contributed by atoms with E-state index in [1.807, 2.05) is 11.0 Å². The van der Waals surface area contributed by atoms with Crippen LogP contribution >= 0.6 is 0 Å². The van der Waals surface area contributed by atoms with Crippen LogP contribution in [0, 0.1) is 28.1 Å². The molecule has 0 aliphatic carbocycles. The average molecular weight is 547 g/mol. The molecular weight excluding hydrogens is 520 g/mol. The molecule has 2 aromatic heterocycles. The van der Waals surface area contributed by atoms with Gasteiger partial charge < -0.3 is 19.4 Å². The number of pyridine rings is 1. The highest BCUT2D eigenvalue weighted by Crippen LogP contribution is 2.47. The molecule has 0 spiro atoms. The summed E-state index contributed by atoms with van der Waals surface area (Å²) in [5.74, 6) is 0.322. The van der Waals surface area contributed by atoms with Crippen LogP contribution in [0.15, 0.2) is 24.7 Å². The molecule has 0 saturated carbocycles. The first kappa shape index (κ1) is 28.0. The van der Waals surface area contributed by atoms with Crippen LogP contribution in [-0.2, 0) is 14.9 Å². The van der Waals surface area contributed by atoms with Crippen molar-refractivity contribution in [2.45, 2.75) is 31.9 Å². The van der Waals surface area contributed by atoms with Crippen LogP contribution in [0.5, 0.6) is 0 Å². The van der Waals surface area contributed by atoms with E-state index in [0.717, 1.165) is 0 Å². The predicted molar refractivity (Wildman–Crippen MR) is 131 cm³/mol. The number of piperazine rings is 1. The molecular formula is C25H26F4N8O2. The van der Waals surface area contributed by atoms with E-state index in [9.17, 15) is 32.9 Å². The summed E-state index contributed by atoms with van der Waals surface area (Å²) in [7, 11) is 0. The number of nitrogens with zero attached hydrogens (tertiary/aromatic N) is 8. The zero-order valence-corrected chi connectivity index (χ0v) is 21.3. The van der Waals surface area contributed by atoms with Gasteiger partial charge in [0.05, 0.1) is 24.3 Å². The van der Waals surface area contributed by atoms with Gasteiger partial charge in [-0.25, -0.2) is 23.7 Å². The summed E-state index contributed by atoms with van der Waals surface area (Å²) in [5, 5.41) is 18.6. The van der Waals surface area contributed by atoms with Crippen LogP contribution in [0.4, 0.5) is 35.0 Å². The van der Waals surface area contributed by atoms with E-state index in [1.165, 1.54) is 23.5 Å². The van der Waals surface area contributed by atoms with Gasteiger partial charge in [-0.1, -0.05) is 6.92 Å². The number of carbonyl (C=O) groups excluding carboxylic acids is 1. The van der Waals surface area contributed by atoms with Gasteiger partial charge in [-0.3, -0.25) is 4.79 Å². The van der Waals surface area contributed by atoms with E-state index in [2.05, 4.69) is 15.0 Å². The molecule has 4 rings (SSSR count). The number of hydrogen-bond acceptors (Lipinski definition) is 9. The molecule has 0 radical (unpaired) electrons. The average Bonchev–Trinajstić information content (AvgIpc) is 3.26. The Balaban J connectivity index is 1.70. The molecule has 2 aliphatic rings. The summed E-state index contributed by atoms with van der Waals surface area (Å²) in [4.78, 5) is 31.0. The topological polar surface area (TPSA) is 122 Å². The number of nitriles is 2. The van der Waals surface area contributed by atoms with Crippen molar-refractivity contribution < 1.29 is 27.1 Å². The summed E-state index contributed by atoms with van der Waals surface area (Å²) in [6.45, 7) is -2.21. The molecule has 1 saturated heterocycles. The van der Waals surface area contributed by atoms with Gasteiger partial charge >= 0.3 is 6.61 Å². The quantitative estimate of drug-likeness (QED) is 0.460. The molecule has 2 aromatic rings. The van der Waals surface area contributed by atoms with Gasteiger partial charge in [-0.2, -0.15) is 19.3 Å². The zero-order valence-electron chi connectivity index (χ0n) is 21.3. The lowest BCUT2D eigenvalue weighted by Gasteiger charge is -2.43. The summed E-state index contributed by atoms with van der Waals surface area (Å²) in [6.07, 6.45) is 2.79. The van der Waals surface area contributed by atoms with E-state index >= 15 is 0 Å². The molecule has 14 heteroatoms. The predicted octanol–water partition coefficient (Wildman–Crippen LogP) is 2.88. The Labute approximate surface area is 222 Å². The first-order chi connectivity index (χ1) is 18.6. The van der Waals surface area contributed by atoms with Gasteiger partial charge in [0.15, 0.2) is 5.41 Å². The maximum atomic E-state index is 13.5. The lowest BCUT2D eigenvalue weighted by Crippen LogP contribution is -2.58. The largest absolute Gasteiger partial charge is 0.352 e.